The van der Waals surface area contributed by atoms with Crippen LogP contribution in [0.15, 0.2) is 35.9 Å². The van der Waals surface area contributed by atoms with Crippen LogP contribution in [0.5, 0.6) is 5.75 Å². The SMILES string of the molecule is COc1cc2cc(c1Cl)N(C)C(=O)C[C@H](OC(=O)[C@H](C)N(C)[C@@H](CCSSC)C(F)(F)F)[C@]1(C)O[C@H]1[C@H](C)[C@@H]1C[C@@](O)(NC(=O)O1)[C@H](OC)/C=C/C=C(\C)C2. The highest BCUT2D eigenvalue weighted by molar-refractivity contribution is 8.76. The zero-order valence-electron chi connectivity index (χ0n) is 32.4. The molecule has 308 valence electrons. The Morgan fingerprint density at radius 3 is 2.58 bits per heavy atom. The molecule has 55 heavy (non-hydrogen) atoms. The van der Waals surface area contributed by atoms with Crippen LogP contribution in [-0.2, 0) is 35.0 Å². The van der Waals surface area contributed by atoms with E-state index in [2.05, 4.69) is 5.32 Å². The molecule has 4 rings (SSSR count). The number of esters is 1. The number of fused-ring (bicyclic) bond motifs is 5. The summed E-state index contributed by atoms with van der Waals surface area (Å²) in [5.41, 5.74) is -1.29. The Morgan fingerprint density at radius 1 is 1.27 bits per heavy atom. The van der Waals surface area contributed by atoms with Crippen LogP contribution in [0.3, 0.4) is 0 Å². The molecule has 12 nitrogen and oxygen atoms in total. The number of allylic oxidation sites excluding steroid dienone is 3. The van der Waals surface area contributed by atoms with E-state index in [4.69, 9.17) is 35.3 Å². The molecule has 2 amide bonds. The highest BCUT2D eigenvalue weighted by Gasteiger charge is 2.64. The Labute approximate surface area is 333 Å². The van der Waals surface area contributed by atoms with Crippen molar-refractivity contribution in [3.63, 3.8) is 0 Å². The van der Waals surface area contributed by atoms with Crippen molar-refractivity contribution in [1.29, 1.82) is 0 Å². The maximum Gasteiger partial charge on any atom is 0.409 e. The second kappa shape index (κ2) is 18.3. The van der Waals surface area contributed by atoms with Gasteiger partial charge in [0.15, 0.2) is 5.72 Å². The smallest absolute Gasteiger partial charge is 0.409 e. The summed E-state index contributed by atoms with van der Waals surface area (Å²) in [7, 11) is 8.20. The van der Waals surface area contributed by atoms with Crippen molar-refractivity contribution >= 4 is 56.8 Å². The van der Waals surface area contributed by atoms with E-state index in [0.29, 0.717) is 17.9 Å². The minimum atomic E-state index is -4.62. The molecule has 0 radical (unpaired) electrons. The van der Waals surface area contributed by atoms with Crippen LogP contribution in [0, 0.1) is 5.92 Å². The number of carbonyl (C=O) groups excluding carboxylic acids is 3. The number of methoxy groups -OCH3 is 2. The van der Waals surface area contributed by atoms with Crippen molar-refractivity contribution in [2.24, 2.45) is 5.92 Å². The molecule has 2 saturated heterocycles. The van der Waals surface area contributed by atoms with Gasteiger partial charge in [-0.05, 0) is 64.6 Å². The molecule has 18 heteroatoms. The minimum absolute atomic E-state index is 0.118. The van der Waals surface area contributed by atoms with Gasteiger partial charge in [0, 0.05) is 32.2 Å². The van der Waals surface area contributed by atoms with E-state index in [-0.39, 0.29) is 23.6 Å². The zero-order valence-corrected chi connectivity index (χ0v) is 34.8. The lowest BCUT2D eigenvalue weighted by Crippen LogP contribution is -2.63. The number of benzene rings is 1. The summed E-state index contributed by atoms with van der Waals surface area (Å²) in [6, 6.07) is 0.187. The summed E-state index contributed by atoms with van der Waals surface area (Å²) < 4.78 is 71.6. The number of anilines is 1. The van der Waals surface area contributed by atoms with Crippen LogP contribution < -0.4 is 15.0 Å². The third-order valence-corrected chi connectivity index (χ3v) is 12.8. The lowest BCUT2D eigenvalue weighted by atomic mass is 9.83. The number of epoxide rings is 1. The lowest BCUT2D eigenvalue weighted by molar-refractivity contribution is -0.191. The number of ether oxygens (including phenoxy) is 5. The van der Waals surface area contributed by atoms with Crippen molar-refractivity contribution in [3.8, 4) is 5.75 Å². The monoisotopic (exact) mass is 837 g/mol. The largest absolute Gasteiger partial charge is 0.495 e. The van der Waals surface area contributed by atoms with Gasteiger partial charge in [0.1, 0.15) is 46.8 Å². The van der Waals surface area contributed by atoms with Gasteiger partial charge in [0.05, 0.1) is 25.3 Å². The number of nitrogens with one attached hydrogen (secondary N) is 1. The fourth-order valence-corrected chi connectivity index (χ4v) is 8.71. The standard InChI is InChI=1S/C37H51ClF3N3O9S2/c1-20-11-10-12-28(50-8)36(48)19-26(51-34(47)42-36)21(2)32-35(4,53-32)29(18-30(45)44(6)24-16-23(15-20)17-25(49-7)31(24)38)52-33(46)22(3)43(5)27(37(39,40)41)13-14-55-54-9/h10-12,16-17,21-22,26-29,32,48H,13-15,18-19H2,1-9H3,(H,42,47)/b12-10+,20-11+/t21-,22+,26+,27+,28-,29+,32+,35+,36+/m1/s1. The summed E-state index contributed by atoms with van der Waals surface area (Å²) in [6.45, 7) is 6.56. The van der Waals surface area contributed by atoms with E-state index in [1.165, 1.54) is 61.7 Å². The number of alkyl carbamates (subject to hydrolysis) is 1. The molecule has 0 unspecified atom stereocenters. The number of nitrogens with zero attached hydrogens (tertiary/aromatic N) is 2. The van der Waals surface area contributed by atoms with E-state index < -0.39 is 84.3 Å². The first-order chi connectivity index (χ1) is 25.7. The van der Waals surface area contributed by atoms with Crippen LogP contribution in [0.4, 0.5) is 23.7 Å². The molecule has 0 aromatic heterocycles. The predicted molar refractivity (Wildman–Crippen MR) is 206 cm³/mol. The Morgan fingerprint density at radius 2 is 1.96 bits per heavy atom. The number of amides is 2. The van der Waals surface area contributed by atoms with Crippen LogP contribution in [0.1, 0.15) is 52.5 Å². The van der Waals surface area contributed by atoms with Crippen molar-refractivity contribution in [3.05, 3.63) is 46.5 Å². The van der Waals surface area contributed by atoms with Crippen molar-refractivity contribution in [2.75, 3.05) is 45.2 Å². The van der Waals surface area contributed by atoms with Gasteiger partial charge in [-0.2, -0.15) is 13.2 Å². The number of carbonyl (C=O) groups is 3. The van der Waals surface area contributed by atoms with Gasteiger partial charge < -0.3 is 33.7 Å². The summed E-state index contributed by atoms with van der Waals surface area (Å²) >= 11 is 6.73. The summed E-state index contributed by atoms with van der Waals surface area (Å²) in [6.07, 6.45) is -3.01. The third kappa shape index (κ3) is 10.4. The molecule has 3 heterocycles. The Bertz CT molecular complexity index is 1640. The molecule has 2 N–H and O–H groups in total. The van der Waals surface area contributed by atoms with Gasteiger partial charge in [-0.25, -0.2) is 4.79 Å². The number of alkyl halides is 3. The highest BCUT2D eigenvalue weighted by atomic mass is 35.5. The topological polar surface area (TPSA) is 139 Å². The Hall–Kier alpha value is -2.67. The van der Waals surface area contributed by atoms with Gasteiger partial charge in [-0.3, -0.25) is 19.8 Å². The molecule has 3 aliphatic heterocycles. The van der Waals surface area contributed by atoms with E-state index in [1.807, 2.05) is 13.0 Å². The molecular formula is C37H51ClF3N3O9S2. The molecule has 4 bridgehead atoms. The second-order valence-electron chi connectivity index (χ2n) is 14.4. The molecule has 3 aliphatic rings. The van der Waals surface area contributed by atoms with Crippen molar-refractivity contribution in [2.45, 2.75) is 107 Å². The van der Waals surface area contributed by atoms with Gasteiger partial charge >= 0.3 is 18.2 Å². The van der Waals surface area contributed by atoms with Crippen LogP contribution >= 0.6 is 33.2 Å². The van der Waals surface area contributed by atoms with Crippen molar-refractivity contribution in [1.82, 2.24) is 10.2 Å². The van der Waals surface area contributed by atoms with Gasteiger partial charge in [0.2, 0.25) is 5.91 Å². The maximum absolute atomic E-state index is 14.2. The van der Waals surface area contributed by atoms with E-state index in [9.17, 15) is 32.7 Å². The fourth-order valence-electron chi connectivity index (χ4n) is 7.12. The molecule has 9 atom stereocenters. The number of aliphatic hydroxyl groups is 1. The van der Waals surface area contributed by atoms with Gasteiger partial charge in [-0.15, -0.1) is 0 Å². The average molecular weight is 838 g/mol. The summed E-state index contributed by atoms with van der Waals surface area (Å²) in [4.78, 5) is 43.0. The zero-order chi connectivity index (χ0) is 41.0. The number of likely N-dealkylation sites (N-methyl/N-ethyl adjacent to an activating group) is 1. The van der Waals surface area contributed by atoms with Crippen LogP contribution in [0.25, 0.3) is 0 Å². The van der Waals surface area contributed by atoms with Gasteiger partial charge in [0.25, 0.3) is 0 Å². The lowest BCUT2D eigenvalue weighted by Gasteiger charge is -2.42. The predicted octanol–water partition coefficient (Wildman–Crippen LogP) is 6.32. The number of hydrogen-bond donors (Lipinski definition) is 2. The molecule has 0 spiro atoms. The van der Waals surface area contributed by atoms with E-state index >= 15 is 0 Å². The van der Waals surface area contributed by atoms with Gasteiger partial charge in [-0.1, -0.05) is 63.9 Å². The quantitative estimate of drug-likeness (QED) is 0.118. The molecule has 0 aliphatic carbocycles. The van der Waals surface area contributed by atoms with E-state index in [0.717, 1.165) is 16.0 Å². The summed E-state index contributed by atoms with van der Waals surface area (Å²) in [5, 5.41) is 14.4. The normalized spacial score (nSPS) is 31.7. The Kier molecular flexibility index (Phi) is 15.0. The fraction of sp³-hybridized carbons (Fsp3) is 0.649. The third-order valence-electron chi connectivity index (χ3n) is 10.6. The average Bonchev–Trinajstić information content (AvgIpc) is 3.81. The first-order valence-electron chi connectivity index (χ1n) is 17.7. The second-order valence-corrected chi connectivity index (χ2v) is 17.5. The number of rotatable bonds is 10. The van der Waals surface area contributed by atoms with Crippen molar-refractivity contribution < 1.29 is 56.3 Å². The van der Waals surface area contributed by atoms with Crippen LogP contribution in [-0.4, -0.2) is 122 Å². The molecular weight excluding hydrogens is 787 g/mol. The minimum Gasteiger partial charge on any atom is -0.495 e. The first kappa shape index (κ1) is 45.0. The Balaban J connectivity index is 1.76. The van der Waals surface area contributed by atoms with E-state index in [1.54, 1.807) is 44.4 Å². The number of halogens is 4. The molecule has 2 fully saturated rings. The maximum atomic E-state index is 14.2. The molecule has 1 aromatic rings. The number of hydrogen-bond acceptors (Lipinski definition) is 12. The molecule has 0 saturated carbocycles. The van der Waals surface area contributed by atoms with Crippen LogP contribution in [0.2, 0.25) is 5.02 Å². The first-order valence-corrected chi connectivity index (χ1v) is 20.8. The summed E-state index contributed by atoms with van der Waals surface area (Å²) in [5.74, 6) is -1.63. The highest BCUT2D eigenvalue weighted by Crippen LogP contribution is 2.49. The molecule has 1 aromatic carbocycles.